The van der Waals surface area contributed by atoms with Crippen LogP contribution in [0.2, 0.25) is 0 Å². The van der Waals surface area contributed by atoms with Gasteiger partial charge in [-0.3, -0.25) is 11.3 Å². The van der Waals surface area contributed by atoms with Crippen LogP contribution in [0.3, 0.4) is 0 Å². The van der Waals surface area contributed by atoms with E-state index in [1.54, 1.807) is 0 Å². The second-order valence-corrected chi connectivity index (χ2v) is 6.41. The maximum atomic E-state index is 5.72. The van der Waals surface area contributed by atoms with Gasteiger partial charge in [-0.05, 0) is 30.9 Å². The minimum Gasteiger partial charge on any atom is -0.271 e. The number of hydrogen-bond acceptors (Lipinski definition) is 3. The van der Waals surface area contributed by atoms with Crippen LogP contribution in [0.5, 0.6) is 0 Å². The minimum absolute atomic E-state index is 0.568. The molecule has 2 aliphatic rings. The van der Waals surface area contributed by atoms with E-state index in [0.717, 1.165) is 11.2 Å². The SMILES string of the molecule is NNC(CC1CCCC1)C1CCCCS1. The summed E-state index contributed by atoms with van der Waals surface area (Å²) in [6, 6.07) is 0.568. The summed E-state index contributed by atoms with van der Waals surface area (Å²) in [5.74, 6) is 8.01. The van der Waals surface area contributed by atoms with E-state index in [0.29, 0.717) is 6.04 Å². The van der Waals surface area contributed by atoms with E-state index in [1.165, 1.54) is 57.1 Å². The first-order valence-electron chi connectivity index (χ1n) is 6.48. The first-order chi connectivity index (χ1) is 7.40. The van der Waals surface area contributed by atoms with Crippen molar-refractivity contribution in [2.75, 3.05) is 5.75 Å². The van der Waals surface area contributed by atoms with Crippen molar-refractivity contribution in [1.82, 2.24) is 5.43 Å². The zero-order valence-electron chi connectivity index (χ0n) is 9.58. The van der Waals surface area contributed by atoms with Gasteiger partial charge in [0, 0.05) is 11.3 Å². The highest BCUT2D eigenvalue weighted by molar-refractivity contribution is 8.00. The van der Waals surface area contributed by atoms with Crippen molar-refractivity contribution in [3.05, 3.63) is 0 Å². The summed E-state index contributed by atoms with van der Waals surface area (Å²) in [6.45, 7) is 0. The third kappa shape index (κ3) is 3.36. The maximum Gasteiger partial charge on any atom is 0.0332 e. The topological polar surface area (TPSA) is 38.0 Å². The molecule has 1 saturated carbocycles. The van der Waals surface area contributed by atoms with Crippen molar-refractivity contribution >= 4 is 11.8 Å². The van der Waals surface area contributed by atoms with E-state index in [9.17, 15) is 0 Å². The molecule has 1 aliphatic heterocycles. The fraction of sp³-hybridized carbons (Fsp3) is 1.00. The number of nitrogens with two attached hydrogens (primary N) is 1. The molecule has 0 spiro atoms. The Kier molecular flexibility index (Phi) is 4.79. The molecule has 0 amide bonds. The Morgan fingerprint density at radius 3 is 2.47 bits per heavy atom. The highest BCUT2D eigenvalue weighted by Gasteiger charge is 2.27. The second-order valence-electron chi connectivity index (χ2n) is 5.06. The fourth-order valence-electron chi connectivity index (χ4n) is 3.02. The summed E-state index contributed by atoms with van der Waals surface area (Å²) in [5, 5.41) is 0.782. The summed E-state index contributed by atoms with van der Waals surface area (Å²) in [5.41, 5.74) is 3.08. The van der Waals surface area contributed by atoms with Gasteiger partial charge in [0.05, 0.1) is 0 Å². The Morgan fingerprint density at radius 1 is 1.13 bits per heavy atom. The maximum absolute atomic E-state index is 5.72. The fourth-order valence-corrected chi connectivity index (χ4v) is 4.44. The van der Waals surface area contributed by atoms with Crippen molar-refractivity contribution in [3.63, 3.8) is 0 Å². The Hall–Kier alpha value is 0.270. The number of rotatable bonds is 4. The van der Waals surface area contributed by atoms with Crippen molar-refractivity contribution in [3.8, 4) is 0 Å². The molecule has 15 heavy (non-hydrogen) atoms. The molecule has 0 bridgehead atoms. The van der Waals surface area contributed by atoms with Crippen LogP contribution in [0.4, 0.5) is 0 Å². The first kappa shape index (κ1) is 11.7. The van der Waals surface area contributed by atoms with E-state index in [2.05, 4.69) is 17.2 Å². The van der Waals surface area contributed by atoms with Crippen LogP contribution >= 0.6 is 11.8 Å². The first-order valence-corrected chi connectivity index (χ1v) is 7.53. The molecule has 2 unspecified atom stereocenters. The Labute approximate surface area is 97.7 Å². The Morgan fingerprint density at radius 2 is 1.87 bits per heavy atom. The summed E-state index contributed by atoms with van der Waals surface area (Å²) >= 11 is 2.14. The van der Waals surface area contributed by atoms with Gasteiger partial charge in [0.15, 0.2) is 0 Å². The predicted octanol–water partition coefficient (Wildman–Crippen LogP) is 2.68. The van der Waals surface area contributed by atoms with Gasteiger partial charge in [0.25, 0.3) is 0 Å². The lowest BCUT2D eigenvalue weighted by Gasteiger charge is -2.30. The van der Waals surface area contributed by atoms with Crippen LogP contribution in [-0.4, -0.2) is 17.0 Å². The molecule has 3 N–H and O–H groups in total. The average molecular weight is 228 g/mol. The van der Waals surface area contributed by atoms with E-state index >= 15 is 0 Å². The molecule has 2 fully saturated rings. The molecule has 1 saturated heterocycles. The lowest BCUT2D eigenvalue weighted by Crippen LogP contribution is -2.44. The summed E-state index contributed by atoms with van der Waals surface area (Å²) in [7, 11) is 0. The predicted molar refractivity (Wildman–Crippen MR) is 67.8 cm³/mol. The molecule has 1 heterocycles. The van der Waals surface area contributed by atoms with E-state index < -0.39 is 0 Å². The Bertz CT molecular complexity index is 174. The van der Waals surface area contributed by atoms with Crippen LogP contribution in [-0.2, 0) is 0 Å². The van der Waals surface area contributed by atoms with E-state index in [1.807, 2.05) is 0 Å². The molecule has 2 nitrogen and oxygen atoms in total. The van der Waals surface area contributed by atoms with Crippen LogP contribution in [0.25, 0.3) is 0 Å². The van der Waals surface area contributed by atoms with Gasteiger partial charge in [-0.15, -0.1) is 0 Å². The lowest BCUT2D eigenvalue weighted by molar-refractivity contribution is 0.370. The molecule has 1 aliphatic carbocycles. The van der Waals surface area contributed by atoms with Crippen LogP contribution in [0.1, 0.15) is 51.4 Å². The minimum atomic E-state index is 0.568. The zero-order valence-corrected chi connectivity index (χ0v) is 10.4. The number of nitrogens with one attached hydrogen (secondary N) is 1. The molecule has 88 valence electrons. The molecular formula is C12H24N2S. The third-order valence-electron chi connectivity index (χ3n) is 3.94. The van der Waals surface area contributed by atoms with E-state index in [-0.39, 0.29) is 0 Å². The second kappa shape index (κ2) is 6.12. The molecule has 0 aromatic heterocycles. The molecule has 2 atom stereocenters. The van der Waals surface area contributed by atoms with Crippen LogP contribution in [0.15, 0.2) is 0 Å². The van der Waals surface area contributed by atoms with Crippen LogP contribution < -0.4 is 11.3 Å². The van der Waals surface area contributed by atoms with Gasteiger partial charge in [0.1, 0.15) is 0 Å². The number of hydrazine groups is 1. The number of thioether (sulfide) groups is 1. The molecule has 3 heteroatoms. The Balaban J connectivity index is 1.79. The molecule has 0 aromatic carbocycles. The molecule has 0 aromatic rings. The largest absolute Gasteiger partial charge is 0.271 e. The number of hydrogen-bond donors (Lipinski definition) is 2. The van der Waals surface area contributed by atoms with Gasteiger partial charge >= 0.3 is 0 Å². The monoisotopic (exact) mass is 228 g/mol. The van der Waals surface area contributed by atoms with Gasteiger partial charge in [-0.2, -0.15) is 11.8 Å². The van der Waals surface area contributed by atoms with Crippen molar-refractivity contribution in [1.29, 1.82) is 0 Å². The van der Waals surface area contributed by atoms with E-state index in [4.69, 9.17) is 5.84 Å². The van der Waals surface area contributed by atoms with Gasteiger partial charge < -0.3 is 0 Å². The van der Waals surface area contributed by atoms with Gasteiger partial charge in [-0.25, -0.2) is 0 Å². The summed E-state index contributed by atoms with van der Waals surface area (Å²) < 4.78 is 0. The quantitative estimate of drug-likeness (QED) is 0.574. The third-order valence-corrected chi connectivity index (χ3v) is 5.46. The molecular weight excluding hydrogens is 204 g/mol. The van der Waals surface area contributed by atoms with Crippen molar-refractivity contribution < 1.29 is 0 Å². The van der Waals surface area contributed by atoms with Crippen LogP contribution in [0, 0.1) is 5.92 Å². The standard InChI is InChI=1S/C12H24N2S/c13-14-11(9-10-5-1-2-6-10)12-7-3-4-8-15-12/h10-12,14H,1-9,13H2. The van der Waals surface area contributed by atoms with Gasteiger partial charge in [0.2, 0.25) is 0 Å². The molecule has 2 rings (SSSR count). The highest BCUT2D eigenvalue weighted by atomic mass is 32.2. The smallest absolute Gasteiger partial charge is 0.0332 e. The van der Waals surface area contributed by atoms with Crippen molar-refractivity contribution in [2.45, 2.75) is 62.7 Å². The lowest BCUT2D eigenvalue weighted by atomic mass is 9.94. The normalized spacial score (nSPS) is 30.6. The zero-order chi connectivity index (χ0) is 10.5. The summed E-state index contributed by atoms with van der Waals surface area (Å²) in [4.78, 5) is 0. The highest BCUT2D eigenvalue weighted by Crippen LogP contribution is 2.34. The van der Waals surface area contributed by atoms with Crippen molar-refractivity contribution in [2.24, 2.45) is 11.8 Å². The van der Waals surface area contributed by atoms with Gasteiger partial charge in [-0.1, -0.05) is 32.1 Å². The average Bonchev–Trinajstić information content (AvgIpc) is 2.80. The molecule has 0 radical (unpaired) electrons. The summed E-state index contributed by atoms with van der Waals surface area (Å²) in [6.07, 6.45) is 11.3.